The van der Waals surface area contributed by atoms with Gasteiger partial charge >= 0.3 is 0 Å². The summed E-state index contributed by atoms with van der Waals surface area (Å²) >= 11 is 0. The maximum atomic E-state index is 11.5. The molecule has 0 unspecified atom stereocenters. The quantitative estimate of drug-likeness (QED) is 0.839. The van der Waals surface area contributed by atoms with E-state index in [-0.39, 0.29) is 0 Å². The van der Waals surface area contributed by atoms with Crippen molar-refractivity contribution < 1.29 is 8.42 Å². The van der Waals surface area contributed by atoms with Crippen LogP contribution in [0, 0.1) is 0 Å². The highest BCUT2D eigenvalue weighted by Gasteiger charge is 2.11. The van der Waals surface area contributed by atoms with Gasteiger partial charge in [0, 0.05) is 19.3 Å². The predicted molar refractivity (Wildman–Crippen MR) is 66.6 cm³/mol. The van der Waals surface area contributed by atoms with Gasteiger partial charge in [-0.25, -0.2) is 8.42 Å². The minimum atomic E-state index is -3.16. The first-order valence-corrected chi connectivity index (χ1v) is 6.98. The lowest BCUT2D eigenvalue weighted by Gasteiger charge is -2.13. The molecule has 0 aliphatic rings. The van der Waals surface area contributed by atoms with Gasteiger partial charge in [0.1, 0.15) is 0 Å². The van der Waals surface area contributed by atoms with Crippen molar-refractivity contribution in [1.82, 2.24) is 4.90 Å². The maximum absolute atomic E-state index is 11.5. The van der Waals surface area contributed by atoms with Crippen molar-refractivity contribution in [2.24, 2.45) is 0 Å². The third-order valence-corrected chi connectivity index (χ3v) is 3.32. The Hall–Kier alpha value is -1.07. The highest BCUT2D eigenvalue weighted by atomic mass is 32.2. The van der Waals surface area contributed by atoms with Crippen LogP contribution in [0.3, 0.4) is 0 Å². The molecule has 16 heavy (non-hydrogen) atoms. The summed E-state index contributed by atoms with van der Waals surface area (Å²) in [5, 5.41) is 3.13. The fraction of sp³-hybridized carbons (Fsp3) is 0.455. The molecular formula is C11H18N2O2S. The van der Waals surface area contributed by atoms with Gasteiger partial charge in [0.15, 0.2) is 9.84 Å². The molecule has 0 aliphatic carbocycles. The molecule has 0 heterocycles. The van der Waals surface area contributed by atoms with E-state index in [1.54, 1.807) is 18.2 Å². The summed E-state index contributed by atoms with van der Waals surface area (Å²) in [7, 11) is 0.792. The minimum Gasteiger partial charge on any atom is -0.383 e. The Bertz CT molecular complexity index is 441. The molecule has 5 heteroatoms. The largest absolute Gasteiger partial charge is 0.383 e. The molecule has 1 N–H and O–H groups in total. The number of para-hydroxylation sites is 1. The van der Waals surface area contributed by atoms with Crippen LogP contribution >= 0.6 is 0 Å². The molecule has 90 valence electrons. The molecule has 0 atom stereocenters. The van der Waals surface area contributed by atoms with E-state index < -0.39 is 9.84 Å². The van der Waals surface area contributed by atoms with E-state index in [1.807, 2.05) is 25.1 Å². The van der Waals surface area contributed by atoms with Crippen LogP contribution in [0.25, 0.3) is 0 Å². The topological polar surface area (TPSA) is 49.4 Å². The van der Waals surface area contributed by atoms with Crippen LogP contribution in [0.1, 0.15) is 0 Å². The lowest BCUT2D eigenvalue weighted by atomic mass is 10.3. The van der Waals surface area contributed by atoms with Crippen molar-refractivity contribution in [3.8, 4) is 0 Å². The second kappa shape index (κ2) is 5.32. The van der Waals surface area contributed by atoms with Crippen LogP contribution in [0.5, 0.6) is 0 Å². The standard InChI is InChI=1S/C11H18N2O2S/c1-13(2)9-8-12-10-6-4-5-7-11(10)16(3,14)15/h4-7,12H,8-9H2,1-3H3. The number of nitrogens with one attached hydrogen (secondary N) is 1. The van der Waals surface area contributed by atoms with Crippen LogP contribution in [-0.2, 0) is 9.84 Å². The van der Waals surface area contributed by atoms with E-state index in [9.17, 15) is 8.42 Å². The number of rotatable bonds is 5. The van der Waals surface area contributed by atoms with Gasteiger partial charge < -0.3 is 10.2 Å². The lowest BCUT2D eigenvalue weighted by molar-refractivity contribution is 0.425. The second-order valence-electron chi connectivity index (χ2n) is 4.00. The summed E-state index contributed by atoms with van der Waals surface area (Å²) in [4.78, 5) is 2.39. The fourth-order valence-electron chi connectivity index (χ4n) is 1.35. The first-order chi connectivity index (χ1) is 7.41. The Kier molecular flexibility index (Phi) is 4.32. The Morgan fingerprint density at radius 3 is 2.44 bits per heavy atom. The highest BCUT2D eigenvalue weighted by Crippen LogP contribution is 2.19. The molecule has 0 amide bonds. The number of likely N-dealkylation sites (N-methyl/N-ethyl adjacent to an activating group) is 1. The molecule has 0 fully saturated rings. The van der Waals surface area contributed by atoms with Crippen LogP contribution in [0.2, 0.25) is 0 Å². The number of hydrogen-bond acceptors (Lipinski definition) is 4. The first kappa shape index (κ1) is 13.0. The van der Waals surface area contributed by atoms with Gasteiger partial charge in [0.25, 0.3) is 0 Å². The smallest absolute Gasteiger partial charge is 0.177 e. The van der Waals surface area contributed by atoms with Crippen LogP contribution in [0.4, 0.5) is 5.69 Å². The molecule has 0 saturated carbocycles. The lowest BCUT2D eigenvalue weighted by Crippen LogP contribution is -2.21. The summed E-state index contributed by atoms with van der Waals surface area (Å²) in [6.07, 6.45) is 1.22. The predicted octanol–water partition coefficient (Wildman–Crippen LogP) is 1.06. The summed E-state index contributed by atoms with van der Waals surface area (Å²) in [5.74, 6) is 0. The van der Waals surface area contributed by atoms with Crippen LogP contribution in [0.15, 0.2) is 29.2 Å². The van der Waals surface area contributed by atoms with E-state index in [0.29, 0.717) is 10.6 Å². The summed E-state index contributed by atoms with van der Waals surface area (Å²) in [6.45, 7) is 1.58. The molecule has 4 nitrogen and oxygen atoms in total. The normalized spacial score (nSPS) is 11.8. The molecule has 0 spiro atoms. The SMILES string of the molecule is CN(C)CCNc1ccccc1S(C)(=O)=O. The van der Waals surface area contributed by atoms with Crippen molar-refractivity contribution in [1.29, 1.82) is 0 Å². The number of anilines is 1. The van der Waals surface area contributed by atoms with Crippen molar-refractivity contribution >= 4 is 15.5 Å². The fourth-order valence-corrected chi connectivity index (χ4v) is 2.22. The van der Waals surface area contributed by atoms with Gasteiger partial charge in [0.2, 0.25) is 0 Å². The monoisotopic (exact) mass is 242 g/mol. The summed E-state index contributed by atoms with van der Waals surface area (Å²) < 4.78 is 23.0. The zero-order chi connectivity index (χ0) is 12.2. The third-order valence-electron chi connectivity index (χ3n) is 2.16. The molecule has 1 aromatic rings. The van der Waals surface area contributed by atoms with Gasteiger partial charge in [-0.2, -0.15) is 0 Å². The number of benzene rings is 1. The van der Waals surface area contributed by atoms with Crippen molar-refractivity contribution in [2.45, 2.75) is 4.90 Å². The number of sulfone groups is 1. The Labute approximate surface area is 97.2 Å². The Balaban J connectivity index is 2.80. The molecule has 0 saturated heterocycles. The summed E-state index contributed by atoms with van der Waals surface area (Å²) in [5.41, 5.74) is 0.673. The van der Waals surface area contributed by atoms with Gasteiger partial charge in [0.05, 0.1) is 10.6 Å². The number of hydrogen-bond donors (Lipinski definition) is 1. The molecule has 0 aliphatic heterocycles. The average molecular weight is 242 g/mol. The zero-order valence-electron chi connectivity index (χ0n) is 9.90. The minimum absolute atomic E-state index is 0.355. The molecule has 0 radical (unpaired) electrons. The van der Waals surface area contributed by atoms with Gasteiger partial charge in [-0.05, 0) is 26.2 Å². The van der Waals surface area contributed by atoms with Gasteiger partial charge in [-0.15, -0.1) is 0 Å². The van der Waals surface area contributed by atoms with Gasteiger partial charge in [-0.1, -0.05) is 12.1 Å². The third kappa shape index (κ3) is 3.83. The van der Waals surface area contributed by atoms with Crippen molar-refractivity contribution in [2.75, 3.05) is 38.8 Å². The Morgan fingerprint density at radius 1 is 1.25 bits per heavy atom. The molecule has 1 rings (SSSR count). The molecule has 0 bridgehead atoms. The van der Waals surface area contributed by atoms with E-state index in [2.05, 4.69) is 5.32 Å². The van der Waals surface area contributed by atoms with Gasteiger partial charge in [-0.3, -0.25) is 0 Å². The zero-order valence-corrected chi connectivity index (χ0v) is 10.7. The van der Waals surface area contributed by atoms with E-state index in [1.165, 1.54) is 6.26 Å². The maximum Gasteiger partial charge on any atom is 0.177 e. The molecule has 1 aromatic carbocycles. The molecular weight excluding hydrogens is 224 g/mol. The second-order valence-corrected chi connectivity index (χ2v) is 5.98. The van der Waals surface area contributed by atoms with Crippen LogP contribution in [-0.4, -0.2) is 46.8 Å². The highest BCUT2D eigenvalue weighted by molar-refractivity contribution is 7.90. The van der Waals surface area contributed by atoms with E-state index in [0.717, 1.165) is 13.1 Å². The van der Waals surface area contributed by atoms with Crippen LogP contribution < -0.4 is 5.32 Å². The Morgan fingerprint density at radius 2 is 1.88 bits per heavy atom. The van der Waals surface area contributed by atoms with Crippen molar-refractivity contribution in [3.63, 3.8) is 0 Å². The summed E-state index contributed by atoms with van der Waals surface area (Å²) in [6, 6.07) is 6.96. The van der Waals surface area contributed by atoms with E-state index in [4.69, 9.17) is 0 Å². The number of nitrogens with zero attached hydrogens (tertiary/aromatic N) is 1. The molecule has 0 aromatic heterocycles. The first-order valence-electron chi connectivity index (χ1n) is 5.09. The average Bonchev–Trinajstić information content (AvgIpc) is 2.16. The van der Waals surface area contributed by atoms with Crippen molar-refractivity contribution in [3.05, 3.63) is 24.3 Å². The van der Waals surface area contributed by atoms with E-state index >= 15 is 0 Å².